The second-order valence-electron chi connectivity index (χ2n) is 5.38. The summed E-state index contributed by atoms with van der Waals surface area (Å²) in [6.07, 6.45) is -0.593. The Morgan fingerprint density at radius 1 is 1.48 bits per heavy atom. The third-order valence-corrected chi connectivity index (χ3v) is 3.50. The van der Waals surface area contributed by atoms with Gasteiger partial charge < -0.3 is 16.0 Å². The monoisotopic (exact) mass is 333 g/mol. The van der Waals surface area contributed by atoms with Crippen molar-refractivity contribution in [2.24, 2.45) is 7.05 Å². The predicted molar refractivity (Wildman–Crippen MR) is 74.3 cm³/mol. The van der Waals surface area contributed by atoms with E-state index < -0.39 is 24.3 Å². The van der Waals surface area contributed by atoms with Crippen molar-refractivity contribution in [3.05, 3.63) is 18.0 Å². The number of hydrogen-bond donors (Lipinski definition) is 3. The van der Waals surface area contributed by atoms with Gasteiger partial charge in [-0.05, 0) is 19.3 Å². The highest BCUT2D eigenvalue weighted by atomic mass is 19.4. The number of alkyl halides is 3. The number of carbonyl (C=O) groups excluding carboxylic acids is 2. The molecule has 1 aromatic heterocycles. The SMILES string of the molecule is Cn1cc([C@@H](NC(=O)N[C@H]2CCCCNC2=O)C(F)(F)F)cn1. The summed E-state index contributed by atoms with van der Waals surface area (Å²) >= 11 is 0. The van der Waals surface area contributed by atoms with Gasteiger partial charge in [-0.1, -0.05) is 0 Å². The van der Waals surface area contributed by atoms with Gasteiger partial charge in [0.2, 0.25) is 5.91 Å². The standard InChI is InChI=1S/C13H18F3N5O2/c1-21-7-8(6-18-21)10(13(14,15)16)20-12(23)19-9-4-2-3-5-17-11(9)22/h6-7,9-10H,2-5H2,1H3,(H,17,22)(H2,19,20,23)/t9-,10+/m0/s1. The minimum absolute atomic E-state index is 0.180. The first-order chi connectivity index (χ1) is 10.8. The number of aryl methyl sites for hydroxylation is 1. The van der Waals surface area contributed by atoms with E-state index >= 15 is 0 Å². The second-order valence-corrected chi connectivity index (χ2v) is 5.38. The Morgan fingerprint density at radius 2 is 2.22 bits per heavy atom. The van der Waals surface area contributed by atoms with E-state index in [1.54, 1.807) is 0 Å². The van der Waals surface area contributed by atoms with Crippen molar-refractivity contribution in [2.45, 2.75) is 37.5 Å². The zero-order valence-electron chi connectivity index (χ0n) is 12.5. The maximum absolute atomic E-state index is 13.1. The van der Waals surface area contributed by atoms with Crippen LogP contribution in [0.25, 0.3) is 0 Å². The van der Waals surface area contributed by atoms with Crippen molar-refractivity contribution in [3.63, 3.8) is 0 Å². The van der Waals surface area contributed by atoms with Crippen molar-refractivity contribution in [2.75, 3.05) is 6.54 Å². The zero-order chi connectivity index (χ0) is 17.0. The molecule has 2 atom stereocenters. The van der Waals surface area contributed by atoms with Gasteiger partial charge in [0.1, 0.15) is 6.04 Å². The molecule has 3 amide bonds. The lowest BCUT2D eigenvalue weighted by Gasteiger charge is -2.22. The van der Waals surface area contributed by atoms with Crippen molar-refractivity contribution >= 4 is 11.9 Å². The number of hydrogen-bond acceptors (Lipinski definition) is 3. The number of urea groups is 1. The van der Waals surface area contributed by atoms with Crippen LogP contribution in [0.2, 0.25) is 0 Å². The van der Waals surface area contributed by atoms with Crippen LogP contribution in [0.5, 0.6) is 0 Å². The molecule has 1 aliphatic rings. The topological polar surface area (TPSA) is 88.0 Å². The average Bonchev–Trinajstić information content (AvgIpc) is 2.77. The third-order valence-electron chi connectivity index (χ3n) is 3.50. The molecule has 0 aliphatic carbocycles. The summed E-state index contributed by atoms with van der Waals surface area (Å²) in [6.45, 7) is 0.499. The maximum atomic E-state index is 13.1. The highest BCUT2D eigenvalue weighted by molar-refractivity contribution is 5.87. The van der Waals surface area contributed by atoms with Crippen molar-refractivity contribution in [1.29, 1.82) is 0 Å². The van der Waals surface area contributed by atoms with Crippen LogP contribution in [0.15, 0.2) is 12.4 Å². The molecule has 1 fully saturated rings. The number of carbonyl (C=O) groups is 2. The number of amides is 3. The van der Waals surface area contributed by atoms with Crippen LogP contribution in [-0.2, 0) is 11.8 Å². The lowest BCUT2D eigenvalue weighted by Crippen LogP contribution is -2.51. The Morgan fingerprint density at radius 3 is 2.83 bits per heavy atom. The largest absolute Gasteiger partial charge is 0.413 e. The predicted octanol–water partition coefficient (Wildman–Crippen LogP) is 0.991. The third kappa shape index (κ3) is 4.60. The molecular formula is C13H18F3N5O2. The summed E-state index contributed by atoms with van der Waals surface area (Å²) in [7, 11) is 1.48. The molecule has 2 rings (SSSR count). The van der Waals surface area contributed by atoms with Gasteiger partial charge in [-0.2, -0.15) is 18.3 Å². The average molecular weight is 333 g/mol. The summed E-state index contributed by atoms with van der Waals surface area (Å²) < 4.78 is 40.6. The molecule has 128 valence electrons. The van der Waals surface area contributed by atoms with E-state index in [9.17, 15) is 22.8 Å². The summed E-state index contributed by atoms with van der Waals surface area (Å²) in [5.74, 6) is -0.386. The van der Waals surface area contributed by atoms with Crippen LogP contribution in [0.1, 0.15) is 30.9 Å². The fourth-order valence-electron chi connectivity index (χ4n) is 2.35. The minimum Gasteiger partial charge on any atom is -0.354 e. The van der Waals surface area contributed by atoms with Gasteiger partial charge in [0.05, 0.1) is 6.20 Å². The number of halogens is 3. The van der Waals surface area contributed by atoms with Gasteiger partial charge in [0.25, 0.3) is 0 Å². The van der Waals surface area contributed by atoms with E-state index in [1.165, 1.54) is 17.9 Å². The zero-order valence-corrected chi connectivity index (χ0v) is 12.5. The fourth-order valence-corrected chi connectivity index (χ4v) is 2.35. The maximum Gasteiger partial charge on any atom is 0.413 e. The van der Waals surface area contributed by atoms with Crippen molar-refractivity contribution < 1.29 is 22.8 Å². The van der Waals surface area contributed by atoms with Gasteiger partial charge in [-0.15, -0.1) is 0 Å². The molecule has 10 heteroatoms. The van der Waals surface area contributed by atoms with Crippen molar-refractivity contribution in [1.82, 2.24) is 25.7 Å². The molecule has 0 unspecified atom stereocenters. The van der Waals surface area contributed by atoms with E-state index in [-0.39, 0.29) is 11.5 Å². The number of nitrogens with zero attached hydrogens (tertiary/aromatic N) is 2. The van der Waals surface area contributed by atoms with Crippen molar-refractivity contribution in [3.8, 4) is 0 Å². The molecule has 0 saturated carbocycles. The lowest BCUT2D eigenvalue weighted by atomic mass is 10.1. The molecule has 0 aromatic carbocycles. The molecule has 1 saturated heterocycles. The van der Waals surface area contributed by atoms with Gasteiger partial charge in [-0.3, -0.25) is 9.48 Å². The van der Waals surface area contributed by atoms with E-state index in [4.69, 9.17) is 0 Å². The quantitative estimate of drug-likeness (QED) is 0.771. The van der Waals surface area contributed by atoms with E-state index in [1.807, 2.05) is 5.32 Å². The van der Waals surface area contributed by atoms with Crippen LogP contribution in [0.3, 0.4) is 0 Å². The number of rotatable bonds is 3. The van der Waals surface area contributed by atoms with Gasteiger partial charge in [0.15, 0.2) is 6.04 Å². The van der Waals surface area contributed by atoms with E-state index in [0.717, 1.165) is 12.6 Å². The summed E-state index contributed by atoms with van der Waals surface area (Å²) in [5.41, 5.74) is -0.180. The second kappa shape index (κ2) is 6.88. The summed E-state index contributed by atoms with van der Waals surface area (Å²) in [6, 6.07) is -4.07. The van der Waals surface area contributed by atoms with Crippen LogP contribution >= 0.6 is 0 Å². The molecule has 0 spiro atoms. The smallest absolute Gasteiger partial charge is 0.354 e. The minimum atomic E-state index is -4.67. The number of nitrogens with one attached hydrogen (secondary N) is 3. The summed E-state index contributed by atoms with van der Waals surface area (Å²) in [4.78, 5) is 23.6. The van der Waals surface area contributed by atoms with Crippen LogP contribution in [0, 0.1) is 0 Å². The lowest BCUT2D eigenvalue weighted by molar-refractivity contribution is -0.155. The highest BCUT2D eigenvalue weighted by Crippen LogP contribution is 2.32. The van der Waals surface area contributed by atoms with Gasteiger partial charge >= 0.3 is 12.2 Å². The Labute approximate surface area is 130 Å². The van der Waals surface area contributed by atoms with E-state index in [2.05, 4.69) is 15.7 Å². The van der Waals surface area contributed by atoms with Crippen LogP contribution in [-0.4, -0.2) is 40.5 Å². The molecule has 0 radical (unpaired) electrons. The normalized spacial score (nSPS) is 20.3. The Balaban J connectivity index is 2.04. The Bertz CT molecular complexity index is 572. The summed E-state index contributed by atoms with van der Waals surface area (Å²) in [5, 5.41) is 10.4. The fraction of sp³-hybridized carbons (Fsp3) is 0.615. The van der Waals surface area contributed by atoms with Crippen LogP contribution in [0.4, 0.5) is 18.0 Å². The molecule has 7 nitrogen and oxygen atoms in total. The first kappa shape index (κ1) is 17.1. The molecule has 1 aromatic rings. The van der Waals surface area contributed by atoms with Crippen LogP contribution < -0.4 is 16.0 Å². The molecule has 1 aliphatic heterocycles. The Kier molecular flexibility index (Phi) is 5.12. The first-order valence-electron chi connectivity index (χ1n) is 7.17. The molecule has 3 N–H and O–H groups in total. The van der Waals surface area contributed by atoms with Gasteiger partial charge in [0, 0.05) is 25.4 Å². The number of aromatic nitrogens is 2. The Hall–Kier alpha value is -2.26. The van der Waals surface area contributed by atoms with E-state index in [0.29, 0.717) is 19.4 Å². The first-order valence-corrected chi connectivity index (χ1v) is 7.17. The van der Waals surface area contributed by atoms with Gasteiger partial charge in [-0.25, -0.2) is 4.79 Å². The highest BCUT2D eigenvalue weighted by Gasteiger charge is 2.43. The molecule has 2 heterocycles. The molecular weight excluding hydrogens is 315 g/mol. The molecule has 23 heavy (non-hydrogen) atoms. The molecule has 0 bridgehead atoms.